The highest BCUT2D eigenvalue weighted by atomic mass is 79.9. The van der Waals surface area contributed by atoms with Gasteiger partial charge in [-0.1, -0.05) is 61.7 Å². The van der Waals surface area contributed by atoms with Crippen LogP contribution in [0.4, 0.5) is 5.69 Å². The number of rotatable bonds is 3. The SMILES string of the molecule is Cc1ccc(-c2cc(C(=O)Nc3cc(C)c(Br)c(C)c3)c3cc(Br)cc(C)c3n2)cc1. The van der Waals surface area contributed by atoms with Crippen LogP contribution in [0.15, 0.2) is 63.5 Å². The van der Waals surface area contributed by atoms with Gasteiger partial charge in [-0.15, -0.1) is 0 Å². The lowest BCUT2D eigenvalue weighted by molar-refractivity contribution is 0.102. The summed E-state index contributed by atoms with van der Waals surface area (Å²) in [6.07, 6.45) is 0. The number of fused-ring (bicyclic) bond motifs is 1. The maximum Gasteiger partial charge on any atom is 0.256 e. The molecule has 1 N–H and O–H groups in total. The highest BCUT2D eigenvalue weighted by molar-refractivity contribution is 9.10. The first-order valence-corrected chi connectivity index (χ1v) is 11.6. The van der Waals surface area contributed by atoms with Crippen molar-refractivity contribution in [2.24, 2.45) is 0 Å². The standard InChI is InChI=1S/C26H22Br2N2O/c1-14-5-7-18(8-6-14)23-13-22(21-12-19(27)9-17(4)25(21)30-23)26(31)29-20-10-15(2)24(28)16(3)11-20/h5-13H,1-4H3,(H,29,31). The Morgan fingerprint density at radius 1 is 0.839 bits per heavy atom. The van der Waals surface area contributed by atoms with E-state index >= 15 is 0 Å². The predicted octanol–water partition coefficient (Wildman–Crippen LogP) is 7.91. The molecule has 4 rings (SSSR count). The van der Waals surface area contributed by atoms with Crippen LogP contribution in [0.2, 0.25) is 0 Å². The number of benzene rings is 3. The van der Waals surface area contributed by atoms with Gasteiger partial charge in [-0.2, -0.15) is 0 Å². The minimum Gasteiger partial charge on any atom is -0.322 e. The summed E-state index contributed by atoms with van der Waals surface area (Å²) < 4.78 is 1.98. The summed E-state index contributed by atoms with van der Waals surface area (Å²) in [4.78, 5) is 18.3. The number of hydrogen-bond acceptors (Lipinski definition) is 2. The Hall–Kier alpha value is -2.50. The lowest BCUT2D eigenvalue weighted by Gasteiger charge is -2.14. The number of nitrogens with one attached hydrogen (secondary N) is 1. The molecule has 0 atom stereocenters. The first-order valence-electron chi connectivity index (χ1n) is 9.99. The van der Waals surface area contributed by atoms with Gasteiger partial charge in [0, 0.05) is 25.6 Å². The fourth-order valence-electron chi connectivity index (χ4n) is 3.73. The van der Waals surface area contributed by atoms with Gasteiger partial charge in [-0.05, 0) is 74.7 Å². The molecule has 4 aromatic rings. The van der Waals surface area contributed by atoms with Crippen LogP contribution in [0.25, 0.3) is 22.2 Å². The van der Waals surface area contributed by atoms with Crippen LogP contribution in [0.3, 0.4) is 0 Å². The van der Waals surface area contributed by atoms with Crippen molar-refractivity contribution >= 4 is 54.4 Å². The second kappa shape index (κ2) is 8.56. The van der Waals surface area contributed by atoms with Gasteiger partial charge in [-0.25, -0.2) is 4.98 Å². The number of aryl methyl sites for hydroxylation is 4. The third kappa shape index (κ3) is 4.43. The van der Waals surface area contributed by atoms with E-state index in [0.717, 1.165) is 53.5 Å². The monoisotopic (exact) mass is 536 g/mol. The molecule has 0 aliphatic heterocycles. The van der Waals surface area contributed by atoms with E-state index in [1.807, 2.05) is 63.2 Å². The fourth-order valence-corrected chi connectivity index (χ4v) is 4.53. The Morgan fingerprint density at radius 3 is 2.13 bits per heavy atom. The number of hydrogen-bond donors (Lipinski definition) is 1. The van der Waals surface area contributed by atoms with Crippen molar-refractivity contribution in [3.05, 3.63) is 91.4 Å². The average molecular weight is 538 g/mol. The number of pyridine rings is 1. The number of aromatic nitrogens is 1. The van der Waals surface area contributed by atoms with E-state index in [9.17, 15) is 4.79 Å². The third-order valence-corrected chi connectivity index (χ3v) is 7.06. The van der Waals surface area contributed by atoms with Gasteiger partial charge in [0.1, 0.15) is 0 Å². The average Bonchev–Trinajstić information content (AvgIpc) is 2.72. The van der Waals surface area contributed by atoms with Crippen molar-refractivity contribution < 1.29 is 4.79 Å². The molecular formula is C26H22Br2N2O. The molecule has 31 heavy (non-hydrogen) atoms. The molecule has 1 heterocycles. The van der Waals surface area contributed by atoms with Crippen LogP contribution < -0.4 is 5.32 Å². The number of carbonyl (C=O) groups is 1. The number of halogens is 2. The molecule has 0 spiro atoms. The summed E-state index contributed by atoms with van der Waals surface area (Å²) in [7, 11) is 0. The van der Waals surface area contributed by atoms with Gasteiger partial charge in [0.15, 0.2) is 0 Å². The molecule has 0 aliphatic carbocycles. The Kier molecular flexibility index (Phi) is 6.00. The quantitative estimate of drug-likeness (QED) is 0.288. The van der Waals surface area contributed by atoms with Crippen molar-refractivity contribution in [2.75, 3.05) is 5.32 Å². The minimum atomic E-state index is -0.153. The first-order chi connectivity index (χ1) is 14.7. The summed E-state index contributed by atoms with van der Waals surface area (Å²) in [5, 5.41) is 3.91. The van der Waals surface area contributed by atoms with Crippen molar-refractivity contribution in [1.82, 2.24) is 4.98 Å². The molecule has 5 heteroatoms. The van der Waals surface area contributed by atoms with Crippen LogP contribution >= 0.6 is 31.9 Å². The van der Waals surface area contributed by atoms with E-state index in [-0.39, 0.29) is 5.91 Å². The molecule has 0 aliphatic rings. The van der Waals surface area contributed by atoms with Crippen molar-refractivity contribution in [2.45, 2.75) is 27.7 Å². The summed E-state index contributed by atoms with van der Waals surface area (Å²) in [6.45, 7) is 8.11. The molecule has 0 unspecified atom stereocenters. The summed E-state index contributed by atoms with van der Waals surface area (Å²) in [5.74, 6) is -0.153. The van der Waals surface area contributed by atoms with E-state index < -0.39 is 0 Å². The Morgan fingerprint density at radius 2 is 1.48 bits per heavy atom. The fraction of sp³-hybridized carbons (Fsp3) is 0.154. The zero-order chi connectivity index (χ0) is 22.3. The largest absolute Gasteiger partial charge is 0.322 e. The molecular weight excluding hydrogens is 516 g/mol. The normalized spacial score (nSPS) is 11.0. The zero-order valence-corrected chi connectivity index (χ0v) is 21.0. The second-order valence-electron chi connectivity index (χ2n) is 7.92. The molecule has 156 valence electrons. The van der Waals surface area contributed by atoms with Crippen LogP contribution in [0, 0.1) is 27.7 Å². The summed E-state index contributed by atoms with van der Waals surface area (Å²) in [6, 6.07) is 18.0. The van der Waals surface area contributed by atoms with Crippen LogP contribution in [-0.2, 0) is 0 Å². The molecule has 0 radical (unpaired) electrons. The Bertz CT molecular complexity index is 1300. The summed E-state index contributed by atoms with van der Waals surface area (Å²) >= 11 is 7.15. The van der Waals surface area contributed by atoms with E-state index in [1.165, 1.54) is 5.56 Å². The molecule has 1 aromatic heterocycles. The molecule has 0 fully saturated rings. The lowest BCUT2D eigenvalue weighted by Crippen LogP contribution is -2.13. The zero-order valence-electron chi connectivity index (χ0n) is 17.8. The van der Waals surface area contributed by atoms with Gasteiger partial charge in [0.05, 0.1) is 16.8 Å². The topological polar surface area (TPSA) is 42.0 Å². The smallest absolute Gasteiger partial charge is 0.256 e. The summed E-state index contributed by atoms with van der Waals surface area (Å²) in [5.41, 5.74) is 8.33. The number of anilines is 1. The molecule has 0 saturated carbocycles. The maximum absolute atomic E-state index is 13.4. The highest BCUT2D eigenvalue weighted by Gasteiger charge is 2.17. The second-order valence-corrected chi connectivity index (χ2v) is 9.63. The Labute approximate surface area is 199 Å². The molecule has 3 nitrogen and oxygen atoms in total. The van der Waals surface area contributed by atoms with E-state index in [1.54, 1.807) is 0 Å². The first kappa shape index (κ1) is 21.7. The van der Waals surface area contributed by atoms with Crippen molar-refractivity contribution in [1.29, 1.82) is 0 Å². The van der Waals surface area contributed by atoms with Crippen LogP contribution in [-0.4, -0.2) is 10.9 Å². The van der Waals surface area contributed by atoms with E-state index in [2.05, 4.69) is 56.2 Å². The maximum atomic E-state index is 13.4. The molecule has 1 amide bonds. The number of amides is 1. The van der Waals surface area contributed by atoms with Gasteiger partial charge in [0.2, 0.25) is 0 Å². The van der Waals surface area contributed by atoms with Crippen LogP contribution in [0.1, 0.15) is 32.6 Å². The highest BCUT2D eigenvalue weighted by Crippen LogP contribution is 2.31. The van der Waals surface area contributed by atoms with Crippen molar-refractivity contribution in [3.8, 4) is 11.3 Å². The minimum absolute atomic E-state index is 0.153. The number of carbonyl (C=O) groups excluding carboxylic acids is 1. The van der Waals surface area contributed by atoms with E-state index in [0.29, 0.717) is 5.56 Å². The molecule has 3 aromatic carbocycles. The molecule has 0 bridgehead atoms. The van der Waals surface area contributed by atoms with E-state index in [4.69, 9.17) is 4.98 Å². The van der Waals surface area contributed by atoms with Crippen molar-refractivity contribution in [3.63, 3.8) is 0 Å². The van der Waals surface area contributed by atoms with Gasteiger partial charge < -0.3 is 5.32 Å². The van der Waals surface area contributed by atoms with Gasteiger partial charge in [0.25, 0.3) is 5.91 Å². The predicted molar refractivity (Wildman–Crippen MR) is 136 cm³/mol. The lowest BCUT2D eigenvalue weighted by atomic mass is 10.0. The third-order valence-electron chi connectivity index (χ3n) is 5.36. The Balaban J connectivity index is 1.86. The van der Waals surface area contributed by atoms with Gasteiger partial charge in [-0.3, -0.25) is 4.79 Å². The van der Waals surface area contributed by atoms with Crippen LogP contribution in [0.5, 0.6) is 0 Å². The number of nitrogens with zero attached hydrogens (tertiary/aromatic N) is 1. The van der Waals surface area contributed by atoms with Gasteiger partial charge >= 0.3 is 0 Å². The molecule has 0 saturated heterocycles.